The van der Waals surface area contributed by atoms with Crippen molar-refractivity contribution in [1.82, 2.24) is 10.2 Å². The molecule has 2 aromatic carbocycles. The fourth-order valence-electron chi connectivity index (χ4n) is 2.63. The molecule has 0 spiro atoms. The molecular formula is C17H11N3O2. The van der Waals surface area contributed by atoms with E-state index in [-0.39, 0.29) is 11.8 Å². The van der Waals surface area contributed by atoms with Gasteiger partial charge in [-0.1, -0.05) is 24.3 Å². The lowest BCUT2D eigenvalue weighted by Crippen LogP contribution is -2.29. The third-order valence-electron chi connectivity index (χ3n) is 3.73. The van der Waals surface area contributed by atoms with Gasteiger partial charge in [0.1, 0.15) is 0 Å². The van der Waals surface area contributed by atoms with Crippen molar-refractivity contribution in [2.24, 2.45) is 0 Å². The number of aromatic amines is 1. The zero-order valence-corrected chi connectivity index (χ0v) is 11.5. The molecule has 1 aromatic heterocycles. The third kappa shape index (κ3) is 1.76. The van der Waals surface area contributed by atoms with Gasteiger partial charge in [-0.25, -0.2) is 4.90 Å². The van der Waals surface area contributed by atoms with Gasteiger partial charge in [-0.15, -0.1) is 0 Å². The van der Waals surface area contributed by atoms with Crippen LogP contribution >= 0.6 is 0 Å². The molecule has 0 saturated carbocycles. The van der Waals surface area contributed by atoms with Crippen molar-refractivity contribution in [3.05, 3.63) is 71.9 Å². The van der Waals surface area contributed by atoms with Gasteiger partial charge in [0.15, 0.2) is 0 Å². The van der Waals surface area contributed by atoms with E-state index in [0.29, 0.717) is 16.8 Å². The van der Waals surface area contributed by atoms with Gasteiger partial charge in [0, 0.05) is 6.20 Å². The van der Waals surface area contributed by atoms with E-state index >= 15 is 0 Å². The van der Waals surface area contributed by atoms with Crippen molar-refractivity contribution >= 4 is 17.5 Å². The monoisotopic (exact) mass is 289 g/mol. The Balaban J connectivity index is 1.72. The van der Waals surface area contributed by atoms with Gasteiger partial charge in [-0.3, -0.25) is 14.7 Å². The molecule has 2 amide bonds. The molecule has 1 aliphatic heterocycles. The van der Waals surface area contributed by atoms with E-state index in [2.05, 4.69) is 10.2 Å². The van der Waals surface area contributed by atoms with Gasteiger partial charge in [0.05, 0.1) is 22.5 Å². The number of imide groups is 1. The summed E-state index contributed by atoms with van der Waals surface area (Å²) in [6.45, 7) is 0. The molecule has 0 saturated heterocycles. The summed E-state index contributed by atoms with van der Waals surface area (Å²) < 4.78 is 0. The van der Waals surface area contributed by atoms with Crippen LogP contribution in [0.25, 0.3) is 11.3 Å². The van der Waals surface area contributed by atoms with Gasteiger partial charge in [-0.2, -0.15) is 5.10 Å². The Kier molecular flexibility index (Phi) is 2.66. The summed E-state index contributed by atoms with van der Waals surface area (Å²) in [5.41, 5.74) is 3.29. The van der Waals surface area contributed by atoms with E-state index in [4.69, 9.17) is 0 Å². The van der Waals surface area contributed by atoms with Crippen LogP contribution in [0.3, 0.4) is 0 Å². The molecule has 0 fully saturated rings. The summed E-state index contributed by atoms with van der Waals surface area (Å²) in [5.74, 6) is -0.565. The van der Waals surface area contributed by atoms with Crippen molar-refractivity contribution in [1.29, 1.82) is 0 Å². The smallest absolute Gasteiger partial charge is 0.266 e. The Morgan fingerprint density at radius 1 is 0.818 bits per heavy atom. The Bertz CT molecular complexity index is 832. The maximum absolute atomic E-state index is 12.4. The highest BCUT2D eigenvalue weighted by molar-refractivity contribution is 6.34. The highest BCUT2D eigenvalue weighted by Crippen LogP contribution is 2.29. The number of H-pyrrole nitrogens is 1. The quantitative estimate of drug-likeness (QED) is 0.738. The first-order valence-corrected chi connectivity index (χ1v) is 6.83. The van der Waals surface area contributed by atoms with E-state index in [9.17, 15) is 9.59 Å². The number of rotatable bonds is 2. The number of anilines is 1. The number of amides is 2. The van der Waals surface area contributed by atoms with Crippen LogP contribution in [0.2, 0.25) is 0 Å². The van der Waals surface area contributed by atoms with Crippen molar-refractivity contribution in [3.8, 4) is 11.3 Å². The van der Waals surface area contributed by atoms with Gasteiger partial charge < -0.3 is 0 Å². The number of nitrogens with one attached hydrogen (secondary N) is 1. The molecule has 0 bridgehead atoms. The van der Waals surface area contributed by atoms with Crippen LogP contribution in [-0.4, -0.2) is 22.0 Å². The van der Waals surface area contributed by atoms with E-state index in [1.807, 2.05) is 18.2 Å². The second-order valence-electron chi connectivity index (χ2n) is 5.01. The molecule has 1 N–H and O–H groups in total. The molecule has 106 valence electrons. The summed E-state index contributed by atoms with van der Waals surface area (Å²) >= 11 is 0. The van der Waals surface area contributed by atoms with Crippen molar-refractivity contribution in [2.75, 3.05) is 4.90 Å². The summed E-state index contributed by atoms with van der Waals surface area (Å²) in [6, 6.07) is 16.0. The standard InChI is InChI=1S/C17H11N3O2/c21-16-13-3-1-2-4-14(13)17(22)20(16)12-7-5-11(6-8-12)15-9-10-18-19-15/h1-10H,(H,18,19). The average molecular weight is 289 g/mol. The highest BCUT2D eigenvalue weighted by atomic mass is 16.2. The Morgan fingerprint density at radius 2 is 1.45 bits per heavy atom. The van der Waals surface area contributed by atoms with Crippen LogP contribution in [0.5, 0.6) is 0 Å². The fraction of sp³-hybridized carbons (Fsp3) is 0. The van der Waals surface area contributed by atoms with Crippen molar-refractivity contribution in [2.45, 2.75) is 0 Å². The Labute approximate surface area is 126 Å². The fourth-order valence-corrected chi connectivity index (χ4v) is 2.63. The lowest BCUT2D eigenvalue weighted by atomic mass is 10.1. The predicted octanol–water partition coefficient (Wildman–Crippen LogP) is 2.88. The highest BCUT2D eigenvalue weighted by Gasteiger charge is 2.36. The lowest BCUT2D eigenvalue weighted by molar-refractivity contribution is 0.0926. The Hall–Kier alpha value is -3.21. The van der Waals surface area contributed by atoms with E-state index in [1.165, 1.54) is 4.90 Å². The molecule has 22 heavy (non-hydrogen) atoms. The summed E-state index contributed by atoms with van der Waals surface area (Å²) in [6.07, 6.45) is 1.67. The predicted molar refractivity (Wildman–Crippen MR) is 81.6 cm³/mol. The number of carbonyl (C=O) groups is 2. The zero-order valence-electron chi connectivity index (χ0n) is 11.5. The molecule has 0 aliphatic carbocycles. The summed E-state index contributed by atoms with van der Waals surface area (Å²) in [7, 11) is 0. The second kappa shape index (κ2) is 4.66. The van der Waals surface area contributed by atoms with Gasteiger partial charge in [-0.05, 0) is 35.9 Å². The Morgan fingerprint density at radius 3 is 2.00 bits per heavy atom. The van der Waals surface area contributed by atoms with Crippen LogP contribution in [0.4, 0.5) is 5.69 Å². The van der Waals surface area contributed by atoms with Crippen LogP contribution < -0.4 is 4.90 Å². The zero-order chi connectivity index (χ0) is 15.1. The van der Waals surface area contributed by atoms with Crippen LogP contribution in [0.15, 0.2) is 60.8 Å². The first-order valence-electron chi connectivity index (χ1n) is 6.83. The first-order chi connectivity index (χ1) is 10.8. The van der Waals surface area contributed by atoms with E-state index in [1.54, 1.807) is 42.6 Å². The van der Waals surface area contributed by atoms with Gasteiger partial charge >= 0.3 is 0 Å². The molecule has 1 aliphatic rings. The molecular weight excluding hydrogens is 278 g/mol. The summed E-state index contributed by atoms with van der Waals surface area (Å²) in [4.78, 5) is 26.0. The van der Waals surface area contributed by atoms with Gasteiger partial charge in [0.2, 0.25) is 0 Å². The first kappa shape index (κ1) is 12.5. The minimum atomic E-state index is -0.283. The van der Waals surface area contributed by atoms with Gasteiger partial charge in [0.25, 0.3) is 11.8 Å². The largest absolute Gasteiger partial charge is 0.278 e. The maximum atomic E-state index is 12.4. The van der Waals surface area contributed by atoms with Crippen molar-refractivity contribution in [3.63, 3.8) is 0 Å². The second-order valence-corrected chi connectivity index (χ2v) is 5.01. The third-order valence-corrected chi connectivity index (χ3v) is 3.73. The average Bonchev–Trinajstić information content (AvgIpc) is 3.17. The van der Waals surface area contributed by atoms with Crippen molar-refractivity contribution < 1.29 is 9.59 Å². The molecule has 0 atom stereocenters. The molecule has 3 aromatic rings. The normalized spacial score (nSPS) is 13.5. The number of hydrogen-bond donors (Lipinski definition) is 1. The minimum absolute atomic E-state index is 0.283. The topological polar surface area (TPSA) is 66.1 Å². The summed E-state index contributed by atoms with van der Waals surface area (Å²) in [5, 5.41) is 6.78. The number of benzene rings is 2. The minimum Gasteiger partial charge on any atom is -0.278 e. The van der Waals surface area contributed by atoms with Crippen LogP contribution in [0, 0.1) is 0 Å². The number of nitrogens with zero attached hydrogens (tertiary/aromatic N) is 2. The molecule has 5 heteroatoms. The molecule has 0 radical (unpaired) electrons. The maximum Gasteiger partial charge on any atom is 0.266 e. The molecule has 4 rings (SSSR count). The van der Waals surface area contributed by atoms with Crippen LogP contribution in [-0.2, 0) is 0 Å². The SMILES string of the molecule is O=C1c2ccccc2C(=O)N1c1ccc(-c2ccn[nH]2)cc1. The van der Waals surface area contributed by atoms with Crippen LogP contribution in [0.1, 0.15) is 20.7 Å². The molecule has 2 heterocycles. The number of carbonyl (C=O) groups excluding carboxylic acids is 2. The molecule has 5 nitrogen and oxygen atoms in total. The number of fused-ring (bicyclic) bond motifs is 1. The number of hydrogen-bond acceptors (Lipinski definition) is 3. The lowest BCUT2D eigenvalue weighted by Gasteiger charge is -2.14. The van der Waals surface area contributed by atoms with E-state index < -0.39 is 0 Å². The number of aromatic nitrogens is 2. The molecule has 0 unspecified atom stereocenters. The van der Waals surface area contributed by atoms with E-state index in [0.717, 1.165) is 11.3 Å².